The third-order valence-corrected chi connectivity index (χ3v) is 6.27. The molecule has 0 aliphatic carbocycles. The van der Waals surface area contributed by atoms with Crippen LogP contribution in [0, 0.1) is 0 Å². The normalized spacial score (nSPS) is 31.7. The second-order valence-electron chi connectivity index (χ2n) is 9.78. The van der Waals surface area contributed by atoms with Crippen LogP contribution in [0.3, 0.4) is 0 Å². The molecule has 5 atom stereocenters. The highest BCUT2D eigenvalue weighted by molar-refractivity contribution is 5.62. The van der Waals surface area contributed by atoms with Crippen molar-refractivity contribution in [2.24, 2.45) is 0 Å². The van der Waals surface area contributed by atoms with Crippen LogP contribution in [0.2, 0.25) is 0 Å². The molecule has 3 fully saturated rings. The van der Waals surface area contributed by atoms with Crippen molar-refractivity contribution in [1.82, 2.24) is 0 Å². The Morgan fingerprint density at radius 1 is 0.758 bits per heavy atom. The fourth-order valence-electron chi connectivity index (χ4n) is 4.74. The summed E-state index contributed by atoms with van der Waals surface area (Å²) >= 11 is 0. The van der Waals surface area contributed by atoms with Gasteiger partial charge in [-0.1, -0.05) is 30.3 Å². The molecule has 0 radical (unpaired) electrons. The van der Waals surface area contributed by atoms with Crippen LogP contribution in [0.15, 0.2) is 54.6 Å². The fourth-order valence-corrected chi connectivity index (χ4v) is 4.74. The van der Waals surface area contributed by atoms with Gasteiger partial charge in [-0.25, -0.2) is 0 Å². The highest BCUT2D eigenvalue weighted by Gasteiger charge is 2.60. The summed E-state index contributed by atoms with van der Waals surface area (Å²) in [6.45, 7) is 8.44. The molecule has 178 valence electrons. The lowest BCUT2D eigenvalue weighted by molar-refractivity contribution is -0.243. The molecule has 0 amide bonds. The first-order valence-electron chi connectivity index (χ1n) is 11.5. The monoisotopic (exact) mass is 455 g/mol. The lowest BCUT2D eigenvalue weighted by Gasteiger charge is -2.37. The third-order valence-electron chi connectivity index (χ3n) is 6.27. The smallest absolute Gasteiger partial charge is 0.190 e. The van der Waals surface area contributed by atoms with Crippen LogP contribution in [0.4, 0.5) is 11.4 Å². The molecule has 0 aromatic heterocycles. The molecule has 1 unspecified atom stereocenters. The molecule has 3 aliphatic rings. The Bertz CT molecular complexity index is 947. The van der Waals surface area contributed by atoms with Gasteiger partial charge in [-0.3, -0.25) is 0 Å². The molecule has 3 saturated heterocycles. The Kier molecular flexibility index (Phi) is 5.97. The lowest BCUT2D eigenvalue weighted by atomic mass is 9.99. The van der Waals surface area contributed by atoms with Gasteiger partial charge < -0.3 is 33.3 Å². The van der Waals surface area contributed by atoms with Crippen molar-refractivity contribution < 1.29 is 28.4 Å². The summed E-state index contributed by atoms with van der Waals surface area (Å²) in [7, 11) is 2.06. The number of fused-ring (bicyclic) bond motifs is 3. The highest BCUT2D eigenvalue weighted by atomic mass is 16.9. The van der Waals surface area contributed by atoms with Gasteiger partial charge in [0.05, 0.1) is 13.2 Å². The van der Waals surface area contributed by atoms with Gasteiger partial charge in [0.15, 0.2) is 17.9 Å². The minimum Gasteiger partial charge on any atom is -0.374 e. The number of nitrogens with zero attached hydrogens (tertiary/aromatic N) is 1. The molecule has 2 aromatic rings. The summed E-state index contributed by atoms with van der Waals surface area (Å²) in [6, 6.07) is 18.7. The molecule has 2 aromatic carbocycles. The zero-order chi connectivity index (χ0) is 23.2. The molecule has 3 aliphatic heterocycles. The number of hydrogen-bond acceptors (Lipinski definition) is 7. The van der Waals surface area contributed by atoms with E-state index in [9.17, 15) is 0 Å². The van der Waals surface area contributed by atoms with Crippen molar-refractivity contribution >= 4 is 11.4 Å². The zero-order valence-electron chi connectivity index (χ0n) is 19.9. The van der Waals surface area contributed by atoms with Crippen LogP contribution in [-0.2, 0) is 35.0 Å². The minimum absolute atomic E-state index is 0.262. The van der Waals surface area contributed by atoms with Crippen molar-refractivity contribution in [2.45, 2.75) is 76.6 Å². The summed E-state index contributed by atoms with van der Waals surface area (Å²) in [6.07, 6.45) is -1.67. The molecule has 0 spiro atoms. The Hall–Kier alpha value is -2.00. The van der Waals surface area contributed by atoms with Crippen LogP contribution < -0.4 is 4.90 Å². The Labute approximate surface area is 195 Å². The van der Waals surface area contributed by atoms with Gasteiger partial charge in [0.25, 0.3) is 0 Å². The molecule has 0 N–H and O–H groups in total. The van der Waals surface area contributed by atoms with E-state index in [1.165, 1.54) is 0 Å². The van der Waals surface area contributed by atoms with Crippen molar-refractivity contribution in [1.29, 1.82) is 0 Å². The third kappa shape index (κ3) is 4.80. The summed E-state index contributed by atoms with van der Waals surface area (Å²) in [5.74, 6) is -1.43. The second kappa shape index (κ2) is 8.65. The van der Waals surface area contributed by atoms with Crippen molar-refractivity contribution in [2.75, 3.05) is 18.6 Å². The van der Waals surface area contributed by atoms with Gasteiger partial charge in [-0.15, -0.1) is 0 Å². The number of para-hydroxylation sites is 1. The van der Waals surface area contributed by atoms with E-state index in [1.807, 2.05) is 45.9 Å². The summed E-state index contributed by atoms with van der Waals surface area (Å²) in [5, 5.41) is 0. The van der Waals surface area contributed by atoms with E-state index in [1.54, 1.807) is 0 Å². The van der Waals surface area contributed by atoms with E-state index in [0.29, 0.717) is 13.2 Å². The van der Waals surface area contributed by atoms with Crippen LogP contribution in [0.1, 0.15) is 33.3 Å². The summed E-state index contributed by atoms with van der Waals surface area (Å²) in [4.78, 5) is 2.15. The molecule has 5 rings (SSSR count). The van der Waals surface area contributed by atoms with E-state index in [0.717, 1.165) is 16.9 Å². The van der Waals surface area contributed by atoms with E-state index in [-0.39, 0.29) is 24.4 Å². The van der Waals surface area contributed by atoms with E-state index in [2.05, 4.69) is 48.3 Å². The first kappa shape index (κ1) is 22.8. The number of rotatable bonds is 6. The molecule has 3 heterocycles. The Morgan fingerprint density at radius 2 is 1.36 bits per heavy atom. The van der Waals surface area contributed by atoms with Crippen LogP contribution in [0.25, 0.3) is 0 Å². The Balaban J connectivity index is 1.20. The van der Waals surface area contributed by atoms with Crippen LogP contribution >= 0.6 is 0 Å². The van der Waals surface area contributed by atoms with E-state index < -0.39 is 17.9 Å². The first-order valence-corrected chi connectivity index (χ1v) is 11.5. The van der Waals surface area contributed by atoms with E-state index in [4.69, 9.17) is 28.4 Å². The molecule has 33 heavy (non-hydrogen) atoms. The molecular weight excluding hydrogens is 422 g/mol. The van der Waals surface area contributed by atoms with Crippen molar-refractivity contribution in [3.63, 3.8) is 0 Å². The predicted molar refractivity (Wildman–Crippen MR) is 123 cm³/mol. The number of benzene rings is 2. The quantitative estimate of drug-likeness (QED) is 0.641. The van der Waals surface area contributed by atoms with Gasteiger partial charge in [-0.05, 0) is 57.5 Å². The SMILES string of the molecule is CN(c1ccccc1)c1ccc(COC[C@H]2OC3OC(C)(C)O[C@@H]3[C@H]3OC(C)(C)O[C@H]32)cc1. The molecular formula is C26H33NO6. The van der Waals surface area contributed by atoms with E-state index >= 15 is 0 Å². The second-order valence-corrected chi connectivity index (χ2v) is 9.78. The highest BCUT2D eigenvalue weighted by Crippen LogP contribution is 2.44. The average Bonchev–Trinajstić information content (AvgIpc) is 3.28. The topological polar surface area (TPSA) is 58.6 Å². The number of hydrogen-bond donors (Lipinski definition) is 0. The molecule has 0 saturated carbocycles. The standard InChI is InChI=1S/C26H33NO6/c1-25(2)30-21-20(29-24-23(22(21)31-25)32-26(3,4)33-24)16-28-15-17-11-13-19(14-12-17)27(5)18-9-7-6-8-10-18/h6-14,20-24H,15-16H2,1-5H3/t20-,21+,22+,23-,24?/m1/s1. The maximum atomic E-state index is 6.21. The zero-order valence-corrected chi connectivity index (χ0v) is 19.9. The first-order chi connectivity index (χ1) is 15.7. The maximum absolute atomic E-state index is 6.21. The maximum Gasteiger partial charge on any atom is 0.190 e. The number of ether oxygens (including phenoxy) is 6. The van der Waals surface area contributed by atoms with Crippen LogP contribution in [-0.4, -0.2) is 55.9 Å². The van der Waals surface area contributed by atoms with Crippen molar-refractivity contribution in [3.8, 4) is 0 Å². The minimum atomic E-state index is -0.722. The molecule has 7 nitrogen and oxygen atoms in total. The van der Waals surface area contributed by atoms with Gasteiger partial charge in [-0.2, -0.15) is 0 Å². The number of anilines is 2. The summed E-state index contributed by atoms with van der Waals surface area (Å²) in [5.41, 5.74) is 3.36. The van der Waals surface area contributed by atoms with Gasteiger partial charge >= 0.3 is 0 Å². The fraction of sp³-hybridized carbons (Fsp3) is 0.538. The van der Waals surface area contributed by atoms with Crippen molar-refractivity contribution in [3.05, 3.63) is 60.2 Å². The van der Waals surface area contributed by atoms with Crippen LogP contribution in [0.5, 0.6) is 0 Å². The average molecular weight is 456 g/mol. The lowest BCUT2D eigenvalue weighted by Crippen LogP contribution is -2.56. The summed E-state index contributed by atoms with van der Waals surface area (Å²) < 4.78 is 36.6. The van der Waals surface area contributed by atoms with Gasteiger partial charge in [0.1, 0.15) is 24.4 Å². The predicted octanol–water partition coefficient (Wildman–Crippen LogP) is 4.37. The molecule has 0 bridgehead atoms. The van der Waals surface area contributed by atoms with Gasteiger partial charge in [0.2, 0.25) is 0 Å². The molecule has 7 heteroatoms. The largest absolute Gasteiger partial charge is 0.374 e. The Morgan fingerprint density at radius 3 is 2.09 bits per heavy atom. The van der Waals surface area contributed by atoms with Gasteiger partial charge in [0, 0.05) is 18.4 Å².